The first-order chi connectivity index (χ1) is 5.36. The normalized spacial score (nSPS) is 9.27. The van der Waals surface area contributed by atoms with Crippen LogP contribution >= 0.6 is 0 Å². The minimum absolute atomic E-state index is 0.0170. The van der Waals surface area contributed by atoms with Gasteiger partial charge < -0.3 is 14.8 Å². The zero-order valence-electron chi connectivity index (χ0n) is 5.90. The highest BCUT2D eigenvalue weighted by Crippen LogP contribution is 2.10. The van der Waals surface area contributed by atoms with E-state index < -0.39 is 0 Å². The van der Waals surface area contributed by atoms with E-state index >= 15 is 0 Å². The molecule has 0 atom stereocenters. The fraction of sp³-hybridized carbons (Fsp3) is 0.143. The Labute approximate surface area is 65.6 Å². The first kappa shape index (κ1) is 8.10. The summed E-state index contributed by atoms with van der Waals surface area (Å²) in [7, 11) is 0.619. The highest BCUT2D eigenvalue weighted by atomic mass is 16.5. The van der Waals surface area contributed by atoms with Crippen LogP contribution in [0.25, 0.3) is 0 Å². The van der Waals surface area contributed by atoms with Crippen LogP contribution in [0.15, 0.2) is 24.3 Å². The van der Waals surface area contributed by atoms with Crippen molar-refractivity contribution in [3.8, 4) is 5.75 Å². The van der Waals surface area contributed by atoms with Crippen LogP contribution in [0.1, 0.15) is 5.56 Å². The first-order valence-electron chi connectivity index (χ1n) is 3.19. The van der Waals surface area contributed by atoms with E-state index in [0.717, 1.165) is 5.56 Å². The van der Waals surface area contributed by atoms with Crippen molar-refractivity contribution in [3.63, 3.8) is 0 Å². The van der Waals surface area contributed by atoms with Crippen LogP contribution in [-0.2, 0) is 6.61 Å². The molecule has 0 saturated heterocycles. The first-order valence-corrected chi connectivity index (χ1v) is 3.19. The quantitative estimate of drug-likeness (QED) is 0.601. The molecule has 0 amide bonds. The molecule has 3 nitrogen and oxygen atoms in total. The van der Waals surface area contributed by atoms with Gasteiger partial charge in [0.1, 0.15) is 0 Å². The molecule has 2 N–H and O–H groups in total. The van der Waals surface area contributed by atoms with Gasteiger partial charge in [0.2, 0.25) is 0 Å². The number of hydrogen-bond donors (Lipinski definition) is 2. The Morgan fingerprint density at radius 1 is 1.27 bits per heavy atom. The van der Waals surface area contributed by atoms with Gasteiger partial charge in [0.15, 0.2) is 0 Å². The van der Waals surface area contributed by atoms with Gasteiger partial charge in [-0.3, -0.25) is 0 Å². The molecule has 0 aromatic heterocycles. The van der Waals surface area contributed by atoms with E-state index in [9.17, 15) is 0 Å². The van der Waals surface area contributed by atoms with Gasteiger partial charge in [-0.2, -0.15) is 0 Å². The molecule has 0 saturated carbocycles. The highest BCUT2D eigenvalue weighted by Gasteiger charge is 1.93. The van der Waals surface area contributed by atoms with Crippen LogP contribution in [0.3, 0.4) is 0 Å². The van der Waals surface area contributed by atoms with Crippen LogP contribution in [0, 0.1) is 0 Å². The molecule has 0 bridgehead atoms. The van der Waals surface area contributed by atoms with E-state index in [4.69, 9.17) is 10.1 Å². The largest absolute Gasteiger partial charge is 0.569 e. The molecule has 0 spiro atoms. The summed E-state index contributed by atoms with van der Waals surface area (Å²) >= 11 is 0. The van der Waals surface area contributed by atoms with E-state index in [-0.39, 0.29) is 6.61 Å². The van der Waals surface area contributed by atoms with Gasteiger partial charge in [-0.05, 0) is 17.7 Å². The number of benzene rings is 1. The van der Waals surface area contributed by atoms with Crippen molar-refractivity contribution in [2.45, 2.75) is 6.61 Å². The Morgan fingerprint density at radius 2 is 1.91 bits per heavy atom. The van der Waals surface area contributed by atoms with Crippen LogP contribution in [0.5, 0.6) is 5.75 Å². The molecule has 0 aliphatic rings. The Morgan fingerprint density at radius 3 is 2.36 bits per heavy atom. The highest BCUT2D eigenvalue weighted by molar-refractivity contribution is 6.17. The maximum absolute atomic E-state index is 8.66. The molecule has 0 heterocycles. The monoisotopic (exact) mass is 151 g/mol. The zero-order chi connectivity index (χ0) is 8.10. The summed E-state index contributed by atoms with van der Waals surface area (Å²) in [5, 5.41) is 16.9. The number of aliphatic hydroxyl groups is 1. The average Bonchev–Trinajstić information content (AvgIpc) is 2.07. The van der Waals surface area contributed by atoms with Crippen molar-refractivity contribution in [1.82, 2.24) is 0 Å². The van der Waals surface area contributed by atoms with E-state index in [1.807, 2.05) is 0 Å². The zero-order valence-corrected chi connectivity index (χ0v) is 5.90. The second-order valence-corrected chi connectivity index (χ2v) is 2.03. The van der Waals surface area contributed by atoms with Gasteiger partial charge in [-0.15, -0.1) is 0 Å². The molecular weight excluding hydrogens is 143 g/mol. The predicted molar refractivity (Wildman–Crippen MR) is 41.0 cm³/mol. The Bertz CT molecular complexity index is 209. The summed E-state index contributed by atoms with van der Waals surface area (Å²) in [6.07, 6.45) is 0. The molecule has 57 valence electrons. The minimum Gasteiger partial charge on any atom is -0.537 e. The number of hydrogen-bond acceptors (Lipinski definition) is 3. The van der Waals surface area contributed by atoms with Crippen LogP contribution < -0.4 is 4.65 Å². The molecule has 1 aromatic carbocycles. The van der Waals surface area contributed by atoms with Gasteiger partial charge in [0, 0.05) is 0 Å². The SMILES string of the molecule is O[B]Oc1ccc(CO)cc1. The van der Waals surface area contributed by atoms with E-state index in [2.05, 4.69) is 4.65 Å². The third-order valence-corrected chi connectivity index (χ3v) is 1.29. The van der Waals surface area contributed by atoms with E-state index in [0.29, 0.717) is 13.4 Å². The fourth-order valence-electron chi connectivity index (χ4n) is 0.734. The molecule has 0 fully saturated rings. The molecule has 1 rings (SSSR count). The van der Waals surface area contributed by atoms with Gasteiger partial charge >= 0.3 is 7.69 Å². The lowest BCUT2D eigenvalue weighted by Gasteiger charge is -2.00. The lowest BCUT2D eigenvalue weighted by molar-refractivity contribution is 0.282. The van der Waals surface area contributed by atoms with Crippen LogP contribution in [0.2, 0.25) is 0 Å². The van der Waals surface area contributed by atoms with Crippen LogP contribution in [-0.4, -0.2) is 17.8 Å². The summed E-state index contributed by atoms with van der Waals surface area (Å²) in [5.74, 6) is 0.546. The fourth-order valence-corrected chi connectivity index (χ4v) is 0.734. The van der Waals surface area contributed by atoms with Gasteiger partial charge in [-0.25, -0.2) is 0 Å². The van der Waals surface area contributed by atoms with Crippen molar-refractivity contribution in [2.75, 3.05) is 0 Å². The molecule has 1 aromatic rings. The Balaban J connectivity index is 2.66. The maximum Gasteiger partial charge on any atom is 0.569 e. The topological polar surface area (TPSA) is 49.7 Å². The summed E-state index contributed by atoms with van der Waals surface area (Å²) in [5.41, 5.74) is 0.815. The smallest absolute Gasteiger partial charge is 0.537 e. The van der Waals surface area contributed by atoms with Crippen molar-refractivity contribution in [2.24, 2.45) is 0 Å². The minimum atomic E-state index is 0.0170. The molecule has 4 heteroatoms. The van der Waals surface area contributed by atoms with Gasteiger partial charge in [0.25, 0.3) is 0 Å². The van der Waals surface area contributed by atoms with E-state index in [1.165, 1.54) is 0 Å². The Hall–Kier alpha value is -0.995. The van der Waals surface area contributed by atoms with E-state index in [1.54, 1.807) is 24.3 Å². The van der Waals surface area contributed by atoms with Gasteiger partial charge in [0.05, 0.1) is 12.4 Å². The number of rotatable bonds is 3. The standard InChI is InChI=1S/C7H8BO3/c9-5-6-1-3-7(4-2-6)11-8-10/h1-4,9-10H,5H2. The van der Waals surface area contributed by atoms with Crippen molar-refractivity contribution in [3.05, 3.63) is 29.8 Å². The molecule has 1 radical (unpaired) electrons. The summed E-state index contributed by atoms with van der Waals surface area (Å²) in [4.78, 5) is 0. The molecule has 11 heavy (non-hydrogen) atoms. The summed E-state index contributed by atoms with van der Waals surface area (Å²) in [6.45, 7) is 0.0170. The summed E-state index contributed by atoms with van der Waals surface area (Å²) < 4.78 is 4.65. The van der Waals surface area contributed by atoms with Crippen molar-refractivity contribution >= 4 is 7.69 Å². The second kappa shape index (κ2) is 4.00. The lowest BCUT2D eigenvalue weighted by Crippen LogP contribution is -1.99. The molecule has 0 unspecified atom stereocenters. The molecule has 0 aliphatic heterocycles. The van der Waals surface area contributed by atoms with Crippen molar-refractivity contribution in [1.29, 1.82) is 0 Å². The third-order valence-electron chi connectivity index (χ3n) is 1.29. The average molecular weight is 151 g/mol. The van der Waals surface area contributed by atoms with Crippen LogP contribution in [0.4, 0.5) is 0 Å². The molecular formula is C7H8BO3. The third kappa shape index (κ3) is 2.25. The second-order valence-electron chi connectivity index (χ2n) is 2.03. The number of aliphatic hydroxyl groups excluding tert-OH is 1. The van der Waals surface area contributed by atoms with Crippen molar-refractivity contribution < 1.29 is 14.8 Å². The van der Waals surface area contributed by atoms with Gasteiger partial charge in [-0.1, -0.05) is 12.1 Å². The summed E-state index contributed by atoms with van der Waals surface area (Å²) in [6, 6.07) is 6.77. The lowest BCUT2D eigenvalue weighted by atomic mass is 10.2. The molecule has 0 aliphatic carbocycles. The predicted octanol–water partition coefficient (Wildman–Crippen LogP) is 0.0842. The maximum atomic E-state index is 8.66. The Kier molecular flexibility index (Phi) is 2.95.